The molecule has 1 aromatic rings. The van der Waals surface area contributed by atoms with E-state index in [1.54, 1.807) is 6.08 Å². The molecule has 0 saturated carbocycles. The van der Waals surface area contributed by atoms with Gasteiger partial charge in [0.25, 0.3) is 0 Å². The van der Waals surface area contributed by atoms with Gasteiger partial charge in [0.2, 0.25) is 5.91 Å². The Morgan fingerprint density at radius 1 is 1.04 bits per heavy atom. The highest BCUT2D eigenvalue weighted by molar-refractivity contribution is 5.93. The van der Waals surface area contributed by atoms with E-state index in [4.69, 9.17) is 0 Å². The van der Waals surface area contributed by atoms with Gasteiger partial charge in [-0.15, -0.1) is 0 Å². The van der Waals surface area contributed by atoms with E-state index in [-0.39, 0.29) is 11.9 Å². The molecule has 2 fully saturated rings. The fourth-order valence-electron chi connectivity index (χ4n) is 4.80. The molecule has 0 aliphatic carbocycles. The molecule has 3 heterocycles. The van der Waals surface area contributed by atoms with E-state index in [1.807, 2.05) is 6.08 Å². The van der Waals surface area contributed by atoms with Gasteiger partial charge < -0.3 is 9.80 Å². The molecule has 1 aromatic carbocycles. The van der Waals surface area contributed by atoms with Crippen LogP contribution in [0.4, 0.5) is 0 Å². The quantitative estimate of drug-likeness (QED) is 0.793. The maximum absolute atomic E-state index is 12.7. The van der Waals surface area contributed by atoms with E-state index in [2.05, 4.69) is 41.1 Å². The number of carbonyl (C=O) groups is 1. The van der Waals surface area contributed by atoms with Gasteiger partial charge in [-0.25, -0.2) is 0 Å². The Kier molecular flexibility index (Phi) is 3.98. The van der Waals surface area contributed by atoms with Crippen LogP contribution in [-0.2, 0) is 4.79 Å². The maximum atomic E-state index is 12.7. The topological polar surface area (TPSA) is 23.6 Å². The zero-order valence-corrected chi connectivity index (χ0v) is 13.9. The number of amides is 1. The van der Waals surface area contributed by atoms with E-state index in [1.165, 1.54) is 43.4 Å². The van der Waals surface area contributed by atoms with Crippen LogP contribution in [0.25, 0.3) is 6.08 Å². The van der Waals surface area contributed by atoms with Crippen molar-refractivity contribution in [2.24, 2.45) is 5.92 Å². The smallest absolute Gasteiger partial charge is 0.247 e. The molecule has 0 bridgehead atoms. The van der Waals surface area contributed by atoms with Crippen molar-refractivity contribution in [3.05, 3.63) is 41.5 Å². The molecule has 0 aromatic heterocycles. The van der Waals surface area contributed by atoms with Crippen LogP contribution in [0.1, 0.15) is 49.3 Å². The van der Waals surface area contributed by atoms with Crippen molar-refractivity contribution < 1.29 is 4.79 Å². The molecule has 3 nitrogen and oxygen atoms in total. The number of carbonyl (C=O) groups excluding carboxylic acids is 1. The maximum Gasteiger partial charge on any atom is 0.247 e. The minimum absolute atomic E-state index is 0.189. The van der Waals surface area contributed by atoms with Crippen molar-refractivity contribution in [1.29, 1.82) is 0 Å². The normalized spacial score (nSPS) is 31.4. The second kappa shape index (κ2) is 6.12. The van der Waals surface area contributed by atoms with E-state index in [9.17, 15) is 4.79 Å². The molecular formula is C20H26N2O. The molecule has 3 heteroatoms. The number of piperidine rings is 2. The first kappa shape index (κ1) is 14.9. The molecule has 3 atom stereocenters. The summed E-state index contributed by atoms with van der Waals surface area (Å²) in [5, 5.41) is 0. The van der Waals surface area contributed by atoms with Gasteiger partial charge in [-0.05, 0) is 62.4 Å². The minimum atomic E-state index is 0.189. The fourth-order valence-corrected chi connectivity index (χ4v) is 4.80. The molecule has 122 valence electrons. The van der Waals surface area contributed by atoms with Crippen LogP contribution in [0.3, 0.4) is 0 Å². The lowest BCUT2D eigenvalue weighted by molar-refractivity contribution is -0.131. The molecule has 3 aliphatic rings. The van der Waals surface area contributed by atoms with Crippen LogP contribution in [0.15, 0.2) is 30.3 Å². The molecule has 0 unspecified atom stereocenters. The number of benzene rings is 1. The number of fused-ring (bicyclic) bond motifs is 3. The molecule has 3 aliphatic heterocycles. The minimum Gasteiger partial charge on any atom is -0.332 e. The fraction of sp³-hybridized carbons (Fsp3) is 0.550. The monoisotopic (exact) mass is 310 g/mol. The number of hydrogen-bond acceptors (Lipinski definition) is 2. The molecule has 1 amide bonds. The van der Waals surface area contributed by atoms with Gasteiger partial charge in [0.1, 0.15) is 0 Å². The van der Waals surface area contributed by atoms with Gasteiger partial charge in [-0.2, -0.15) is 0 Å². The lowest BCUT2D eigenvalue weighted by atomic mass is 9.81. The van der Waals surface area contributed by atoms with Crippen molar-refractivity contribution in [1.82, 2.24) is 9.80 Å². The lowest BCUT2D eigenvalue weighted by Gasteiger charge is -2.45. The highest BCUT2D eigenvalue weighted by Crippen LogP contribution is 2.40. The summed E-state index contributed by atoms with van der Waals surface area (Å²) in [5.74, 6) is 0.813. The highest BCUT2D eigenvalue weighted by atomic mass is 16.2. The van der Waals surface area contributed by atoms with Gasteiger partial charge in [0.15, 0.2) is 0 Å². The van der Waals surface area contributed by atoms with Crippen LogP contribution in [0.2, 0.25) is 0 Å². The molecule has 4 rings (SSSR count). The molecule has 2 saturated heterocycles. The Bertz CT molecular complexity index is 624. The highest BCUT2D eigenvalue weighted by Gasteiger charge is 2.38. The zero-order valence-electron chi connectivity index (χ0n) is 13.9. The number of likely N-dealkylation sites (tertiary alicyclic amines) is 1. The van der Waals surface area contributed by atoms with Gasteiger partial charge in [0, 0.05) is 18.7 Å². The third kappa shape index (κ3) is 2.72. The summed E-state index contributed by atoms with van der Waals surface area (Å²) in [6.07, 6.45) is 10.0. The Hall–Kier alpha value is -1.61. The summed E-state index contributed by atoms with van der Waals surface area (Å²) in [6.45, 7) is 2.12. The van der Waals surface area contributed by atoms with Gasteiger partial charge in [0.05, 0.1) is 6.04 Å². The van der Waals surface area contributed by atoms with E-state index in [0.29, 0.717) is 12.0 Å². The number of hydrogen-bond donors (Lipinski definition) is 0. The average molecular weight is 310 g/mol. The molecule has 0 radical (unpaired) electrons. The van der Waals surface area contributed by atoms with Crippen molar-refractivity contribution in [3.8, 4) is 0 Å². The first-order valence-electron chi connectivity index (χ1n) is 9.02. The molecular weight excluding hydrogens is 284 g/mol. The predicted molar refractivity (Wildman–Crippen MR) is 92.9 cm³/mol. The number of nitrogens with zero attached hydrogens (tertiary/aromatic N) is 2. The van der Waals surface area contributed by atoms with Crippen LogP contribution in [0, 0.1) is 5.92 Å². The van der Waals surface area contributed by atoms with Crippen molar-refractivity contribution in [2.45, 2.75) is 44.2 Å². The van der Waals surface area contributed by atoms with E-state index in [0.717, 1.165) is 13.0 Å². The molecule has 0 N–H and O–H groups in total. The van der Waals surface area contributed by atoms with Crippen LogP contribution in [-0.4, -0.2) is 41.9 Å². The Balaban J connectivity index is 1.59. The Morgan fingerprint density at radius 2 is 1.91 bits per heavy atom. The summed E-state index contributed by atoms with van der Waals surface area (Å²) in [6, 6.07) is 9.40. The SMILES string of the molecule is CN1CCCC[C@@H]1[C@H]1CC[C@@H]2c3ccccc3C=CC(=O)N2C1. The van der Waals surface area contributed by atoms with Crippen LogP contribution in [0.5, 0.6) is 0 Å². The van der Waals surface area contributed by atoms with E-state index < -0.39 is 0 Å². The summed E-state index contributed by atoms with van der Waals surface area (Å²) < 4.78 is 0. The predicted octanol–water partition coefficient (Wildman–Crippen LogP) is 3.48. The lowest BCUT2D eigenvalue weighted by Crippen LogP contribution is -2.50. The molecule has 23 heavy (non-hydrogen) atoms. The largest absolute Gasteiger partial charge is 0.332 e. The second-order valence-corrected chi connectivity index (χ2v) is 7.35. The average Bonchev–Trinajstić information content (AvgIpc) is 2.73. The van der Waals surface area contributed by atoms with Crippen molar-refractivity contribution in [2.75, 3.05) is 20.1 Å². The Labute approximate surface area is 139 Å². The van der Waals surface area contributed by atoms with Gasteiger partial charge in [-0.1, -0.05) is 30.7 Å². The van der Waals surface area contributed by atoms with E-state index >= 15 is 0 Å². The third-order valence-electron chi connectivity index (χ3n) is 6.03. The second-order valence-electron chi connectivity index (χ2n) is 7.35. The standard InChI is InChI=1S/C20H26N2O/c1-21-13-5-4-8-18(21)16-9-11-19-17-7-3-2-6-15(17)10-12-20(23)22(19)14-16/h2-3,6-7,10,12,16,18-19H,4-5,8-9,11,13-14H2,1H3/t16-,18+,19+/m0/s1. The van der Waals surface area contributed by atoms with Crippen LogP contribution >= 0.6 is 0 Å². The van der Waals surface area contributed by atoms with Crippen molar-refractivity contribution in [3.63, 3.8) is 0 Å². The summed E-state index contributed by atoms with van der Waals surface area (Å²) >= 11 is 0. The van der Waals surface area contributed by atoms with Gasteiger partial charge >= 0.3 is 0 Å². The zero-order chi connectivity index (χ0) is 15.8. The van der Waals surface area contributed by atoms with Crippen LogP contribution < -0.4 is 0 Å². The van der Waals surface area contributed by atoms with Gasteiger partial charge in [-0.3, -0.25) is 4.79 Å². The first-order valence-corrected chi connectivity index (χ1v) is 9.02. The summed E-state index contributed by atoms with van der Waals surface area (Å²) in [5.41, 5.74) is 2.53. The molecule has 0 spiro atoms. The third-order valence-corrected chi connectivity index (χ3v) is 6.03. The summed E-state index contributed by atoms with van der Waals surface area (Å²) in [7, 11) is 2.26. The first-order chi connectivity index (χ1) is 11.2. The number of rotatable bonds is 1. The summed E-state index contributed by atoms with van der Waals surface area (Å²) in [4.78, 5) is 17.3. The van der Waals surface area contributed by atoms with Crippen molar-refractivity contribution >= 4 is 12.0 Å². The Morgan fingerprint density at radius 3 is 2.78 bits per heavy atom.